The van der Waals surface area contributed by atoms with Crippen molar-refractivity contribution in [3.05, 3.63) is 27.8 Å². The lowest BCUT2D eigenvalue weighted by Gasteiger charge is -2.05. The second kappa shape index (κ2) is 3.67. The number of hydrogen-bond acceptors (Lipinski definition) is 6. The highest BCUT2D eigenvalue weighted by molar-refractivity contribution is 5.56. The summed E-state index contributed by atoms with van der Waals surface area (Å²) in [7, 11) is 0. The first-order valence-corrected chi connectivity index (χ1v) is 4.29. The Morgan fingerprint density at radius 3 is 2.69 bits per heavy atom. The van der Waals surface area contributed by atoms with Crippen molar-refractivity contribution in [2.75, 3.05) is 6.79 Å². The first kappa shape index (κ1) is 10.2. The van der Waals surface area contributed by atoms with Crippen molar-refractivity contribution < 1.29 is 19.5 Å². The van der Waals surface area contributed by atoms with Gasteiger partial charge in [-0.2, -0.15) is 5.26 Å². The minimum Gasteiger partial charge on any atom is -0.454 e. The first-order chi connectivity index (χ1) is 7.63. The van der Waals surface area contributed by atoms with E-state index in [1.54, 1.807) is 0 Å². The van der Waals surface area contributed by atoms with Crippen LogP contribution < -0.4 is 9.47 Å². The molecule has 7 heteroatoms. The Labute approximate surface area is 89.6 Å². The topological polar surface area (TPSA) is 106 Å². The second-order valence-corrected chi connectivity index (χ2v) is 3.05. The standard InChI is InChI=1S/C9H6N2O5/c10-3-7(12)5-1-8-9(16-4-15-8)2-6(5)11(13)14/h1-2,7,12H,4H2. The molecule has 0 fully saturated rings. The number of ether oxygens (including phenoxy) is 2. The summed E-state index contributed by atoms with van der Waals surface area (Å²) in [6, 6.07) is 3.90. The smallest absolute Gasteiger partial charge is 0.280 e. The van der Waals surface area contributed by atoms with Crippen LogP contribution in [0.1, 0.15) is 11.7 Å². The third-order valence-electron chi connectivity index (χ3n) is 2.14. The van der Waals surface area contributed by atoms with Gasteiger partial charge in [-0.3, -0.25) is 10.1 Å². The molecule has 82 valence electrons. The summed E-state index contributed by atoms with van der Waals surface area (Å²) >= 11 is 0. The van der Waals surface area contributed by atoms with Gasteiger partial charge in [-0.15, -0.1) is 0 Å². The van der Waals surface area contributed by atoms with Crippen LogP contribution in [0.3, 0.4) is 0 Å². The number of nitro groups is 1. The summed E-state index contributed by atoms with van der Waals surface area (Å²) in [5, 5.41) is 28.6. The zero-order chi connectivity index (χ0) is 11.7. The predicted molar refractivity (Wildman–Crippen MR) is 49.8 cm³/mol. The van der Waals surface area contributed by atoms with Gasteiger partial charge in [-0.25, -0.2) is 0 Å². The molecule has 0 saturated heterocycles. The van der Waals surface area contributed by atoms with Crippen LogP contribution in [0.4, 0.5) is 5.69 Å². The number of nitro benzene ring substituents is 1. The summed E-state index contributed by atoms with van der Waals surface area (Å²) < 4.78 is 9.97. The number of nitriles is 1. The Hall–Kier alpha value is -2.33. The zero-order valence-electron chi connectivity index (χ0n) is 7.91. The first-order valence-electron chi connectivity index (χ1n) is 4.29. The van der Waals surface area contributed by atoms with Crippen LogP contribution in [-0.4, -0.2) is 16.8 Å². The molecule has 16 heavy (non-hydrogen) atoms. The van der Waals surface area contributed by atoms with E-state index in [1.807, 2.05) is 0 Å². The third kappa shape index (κ3) is 1.51. The molecule has 7 nitrogen and oxygen atoms in total. The van der Waals surface area contributed by atoms with Crippen molar-refractivity contribution in [2.45, 2.75) is 6.10 Å². The van der Waals surface area contributed by atoms with Crippen molar-refractivity contribution >= 4 is 5.69 Å². The van der Waals surface area contributed by atoms with E-state index in [0.717, 1.165) is 6.07 Å². The summed E-state index contributed by atoms with van der Waals surface area (Å²) in [6.45, 7) is -0.0292. The maximum atomic E-state index is 10.7. The fourth-order valence-electron chi connectivity index (χ4n) is 1.39. The summed E-state index contributed by atoms with van der Waals surface area (Å²) in [5.74, 6) is 0.524. The molecular formula is C9H6N2O5. The van der Waals surface area contributed by atoms with Gasteiger partial charge in [-0.1, -0.05) is 0 Å². The Morgan fingerprint density at radius 2 is 2.12 bits per heavy atom. The van der Waals surface area contributed by atoms with E-state index in [4.69, 9.17) is 14.7 Å². The number of rotatable bonds is 2. The van der Waals surface area contributed by atoms with E-state index in [2.05, 4.69) is 0 Å². The van der Waals surface area contributed by atoms with Crippen LogP contribution in [0.5, 0.6) is 11.5 Å². The Kier molecular flexibility index (Phi) is 2.34. The molecule has 0 radical (unpaired) electrons. The van der Waals surface area contributed by atoms with Gasteiger partial charge in [0.1, 0.15) is 0 Å². The summed E-state index contributed by atoms with van der Waals surface area (Å²) in [6.07, 6.45) is -1.56. The average molecular weight is 222 g/mol. The Balaban J connectivity index is 2.58. The van der Waals surface area contributed by atoms with Gasteiger partial charge in [0, 0.05) is 0 Å². The second-order valence-electron chi connectivity index (χ2n) is 3.05. The third-order valence-corrected chi connectivity index (χ3v) is 2.14. The molecule has 0 aliphatic carbocycles. The molecule has 0 saturated carbocycles. The number of aliphatic hydroxyl groups is 1. The van der Waals surface area contributed by atoms with Crippen LogP contribution in [0, 0.1) is 21.4 Å². The molecule has 0 aromatic heterocycles. The molecule has 1 aliphatic rings. The predicted octanol–water partition coefficient (Wildman–Crippen LogP) is 0.880. The van der Waals surface area contributed by atoms with Crippen molar-refractivity contribution in [1.82, 2.24) is 0 Å². The maximum Gasteiger partial charge on any atom is 0.280 e. The van der Waals surface area contributed by atoms with Gasteiger partial charge in [0.15, 0.2) is 17.6 Å². The SMILES string of the molecule is N#CC(O)c1cc2c(cc1[N+](=O)[O-])OCO2. The molecule has 0 bridgehead atoms. The molecule has 1 heterocycles. The van der Waals surface area contributed by atoms with E-state index < -0.39 is 11.0 Å². The van der Waals surface area contributed by atoms with Crippen LogP contribution in [0.15, 0.2) is 12.1 Å². The molecule has 1 N–H and O–H groups in total. The Bertz CT molecular complexity index is 493. The number of hydrogen-bond donors (Lipinski definition) is 1. The lowest BCUT2D eigenvalue weighted by Crippen LogP contribution is -2.00. The lowest BCUT2D eigenvalue weighted by atomic mass is 10.1. The minimum absolute atomic E-state index is 0.0292. The van der Waals surface area contributed by atoms with Crippen LogP contribution in [0.2, 0.25) is 0 Å². The minimum atomic E-state index is -1.56. The fraction of sp³-hybridized carbons (Fsp3) is 0.222. The van der Waals surface area contributed by atoms with E-state index in [0.29, 0.717) is 0 Å². The van der Waals surface area contributed by atoms with E-state index in [9.17, 15) is 15.2 Å². The zero-order valence-corrected chi connectivity index (χ0v) is 7.91. The molecule has 2 rings (SSSR count). The Morgan fingerprint density at radius 1 is 1.50 bits per heavy atom. The van der Waals surface area contributed by atoms with Gasteiger partial charge >= 0.3 is 0 Å². The van der Waals surface area contributed by atoms with Crippen LogP contribution >= 0.6 is 0 Å². The van der Waals surface area contributed by atoms with Gasteiger partial charge < -0.3 is 14.6 Å². The van der Waals surface area contributed by atoms with Crippen LogP contribution in [0.25, 0.3) is 0 Å². The van der Waals surface area contributed by atoms with Crippen molar-refractivity contribution in [1.29, 1.82) is 5.26 Å². The highest BCUT2D eigenvalue weighted by atomic mass is 16.7. The van der Waals surface area contributed by atoms with Gasteiger partial charge in [-0.05, 0) is 6.07 Å². The van der Waals surface area contributed by atoms with Crippen molar-refractivity contribution in [3.8, 4) is 17.6 Å². The number of fused-ring (bicyclic) bond motifs is 1. The molecule has 1 atom stereocenters. The highest BCUT2D eigenvalue weighted by Crippen LogP contribution is 2.39. The number of benzene rings is 1. The summed E-state index contributed by atoms with van der Waals surface area (Å²) in [5.41, 5.74) is -0.463. The molecular weight excluding hydrogens is 216 g/mol. The quantitative estimate of drug-likeness (QED) is 0.452. The molecule has 1 aliphatic heterocycles. The maximum absolute atomic E-state index is 10.7. The number of aliphatic hydroxyl groups excluding tert-OH is 1. The normalized spacial score (nSPS) is 14.2. The molecule has 0 spiro atoms. The lowest BCUT2D eigenvalue weighted by molar-refractivity contribution is -0.386. The largest absolute Gasteiger partial charge is 0.454 e. The van der Waals surface area contributed by atoms with Gasteiger partial charge in [0.2, 0.25) is 6.79 Å². The van der Waals surface area contributed by atoms with E-state index >= 15 is 0 Å². The monoisotopic (exact) mass is 222 g/mol. The molecule has 1 aromatic carbocycles. The van der Waals surface area contributed by atoms with Gasteiger partial charge in [0.25, 0.3) is 5.69 Å². The average Bonchev–Trinajstić information content (AvgIpc) is 2.73. The molecule has 1 unspecified atom stereocenters. The van der Waals surface area contributed by atoms with Gasteiger partial charge in [0.05, 0.1) is 22.6 Å². The van der Waals surface area contributed by atoms with E-state index in [1.165, 1.54) is 12.1 Å². The molecule has 1 aromatic rings. The van der Waals surface area contributed by atoms with E-state index in [-0.39, 0.29) is 29.5 Å². The van der Waals surface area contributed by atoms with Crippen molar-refractivity contribution in [2.24, 2.45) is 0 Å². The van der Waals surface area contributed by atoms with Crippen LogP contribution in [-0.2, 0) is 0 Å². The highest BCUT2D eigenvalue weighted by Gasteiger charge is 2.26. The fourth-order valence-corrected chi connectivity index (χ4v) is 1.39. The van der Waals surface area contributed by atoms with Crippen molar-refractivity contribution in [3.63, 3.8) is 0 Å². The summed E-state index contributed by atoms with van der Waals surface area (Å²) in [4.78, 5) is 10.0. The molecule has 0 amide bonds. The number of nitrogens with zero attached hydrogens (tertiary/aromatic N) is 2.